The van der Waals surface area contributed by atoms with Gasteiger partial charge in [-0.3, -0.25) is 4.79 Å². The van der Waals surface area contributed by atoms with Gasteiger partial charge in [-0.05, 0) is 24.3 Å². The van der Waals surface area contributed by atoms with E-state index in [0.29, 0.717) is 44.6 Å². The summed E-state index contributed by atoms with van der Waals surface area (Å²) in [7, 11) is -3.25. The Kier molecular flexibility index (Phi) is 4.79. The number of carbonyl (C=O) groups is 1. The molecule has 162 valence electrons. The summed E-state index contributed by atoms with van der Waals surface area (Å²) in [6.45, 7) is 1.64. The van der Waals surface area contributed by atoms with Crippen LogP contribution >= 0.6 is 0 Å². The third-order valence-electron chi connectivity index (χ3n) is 6.35. The van der Waals surface area contributed by atoms with Gasteiger partial charge in [-0.15, -0.1) is 0 Å². The van der Waals surface area contributed by atoms with Gasteiger partial charge < -0.3 is 14.6 Å². The highest BCUT2D eigenvalue weighted by Crippen LogP contribution is 2.36. The smallest absolute Gasteiger partial charge is 0.254 e. The Bertz CT molecular complexity index is 1240. The van der Waals surface area contributed by atoms with Crippen LogP contribution in [0.4, 0.5) is 0 Å². The molecule has 5 rings (SSSR count). The van der Waals surface area contributed by atoms with E-state index in [0.717, 1.165) is 22.2 Å². The summed E-state index contributed by atoms with van der Waals surface area (Å²) in [5, 5.41) is 0.895. The quantitative estimate of drug-likeness (QED) is 0.666. The van der Waals surface area contributed by atoms with Crippen molar-refractivity contribution in [3.63, 3.8) is 0 Å². The van der Waals surface area contributed by atoms with Gasteiger partial charge in [-0.2, -0.15) is 0 Å². The molecule has 3 aromatic rings. The fraction of sp³-hybridized carbons (Fsp3) is 0.348. The Morgan fingerprint density at radius 1 is 1.06 bits per heavy atom. The van der Waals surface area contributed by atoms with Gasteiger partial charge in [0, 0.05) is 60.7 Å². The van der Waals surface area contributed by atoms with Crippen LogP contribution in [0.25, 0.3) is 10.9 Å². The molecular weight excluding hydrogens is 414 g/mol. The first-order chi connectivity index (χ1) is 14.8. The zero-order chi connectivity index (χ0) is 21.6. The number of sulfonamides is 1. The van der Waals surface area contributed by atoms with E-state index in [2.05, 4.69) is 4.98 Å². The number of H-pyrrole nitrogens is 1. The lowest BCUT2D eigenvalue weighted by atomic mass is 9.91. The third-order valence-corrected chi connectivity index (χ3v) is 7.66. The first-order valence-corrected chi connectivity index (χ1v) is 12.3. The summed E-state index contributed by atoms with van der Waals surface area (Å²) in [6.07, 6.45) is 4.14. The largest absolute Gasteiger partial charge is 0.485 e. The Balaban J connectivity index is 1.51. The van der Waals surface area contributed by atoms with Crippen LogP contribution in [0.3, 0.4) is 0 Å². The third kappa shape index (κ3) is 3.70. The van der Waals surface area contributed by atoms with Gasteiger partial charge in [-0.25, -0.2) is 12.7 Å². The molecule has 0 atom stereocenters. The number of hydrogen-bond donors (Lipinski definition) is 1. The molecule has 2 aromatic carbocycles. The summed E-state index contributed by atoms with van der Waals surface area (Å²) >= 11 is 0. The molecule has 1 spiro atoms. The zero-order valence-corrected chi connectivity index (χ0v) is 18.2. The average molecular weight is 440 g/mol. The SMILES string of the molecule is CS(=O)(=O)N1CCC2(CC1)CN(C(=O)c1cccc3[nH]ccc13)Cc1ccccc1O2. The van der Waals surface area contributed by atoms with Crippen molar-refractivity contribution in [2.45, 2.75) is 25.0 Å². The summed E-state index contributed by atoms with van der Waals surface area (Å²) in [6, 6.07) is 15.4. The fourth-order valence-electron chi connectivity index (χ4n) is 4.68. The molecule has 0 aliphatic carbocycles. The second kappa shape index (κ2) is 7.39. The van der Waals surface area contributed by atoms with Gasteiger partial charge in [0.2, 0.25) is 10.0 Å². The Morgan fingerprint density at radius 3 is 2.61 bits per heavy atom. The van der Waals surface area contributed by atoms with E-state index in [1.807, 2.05) is 59.6 Å². The van der Waals surface area contributed by atoms with Crippen LogP contribution in [0.1, 0.15) is 28.8 Å². The van der Waals surface area contributed by atoms with E-state index in [-0.39, 0.29) is 5.91 Å². The molecule has 1 N–H and O–H groups in total. The number of ether oxygens (including phenoxy) is 1. The fourth-order valence-corrected chi connectivity index (χ4v) is 5.53. The molecule has 1 fully saturated rings. The van der Waals surface area contributed by atoms with Crippen LogP contribution in [-0.4, -0.2) is 60.0 Å². The Morgan fingerprint density at radius 2 is 1.84 bits per heavy atom. The number of amides is 1. The van der Waals surface area contributed by atoms with E-state index in [4.69, 9.17) is 4.74 Å². The predicted molar refractivity (Wildman–Crippen MR) is 118 cm³/mol. The zero-order valence-electron chi connectivity index (χ0n) is 17.4. The number of nitrogens with zero attached hydrogens (tertiary/aromatic N) is 2. The molecule has 2 aliphatic heterocycles. The van der Waals surface area contributed by atoms with Crippen molar-refractivity contribution in [1.82, 2.24) is 14.2 Å². The highest BCUT2D eigenvalue weighted by molar-refractivity contribution is 7.88. The second-order valence-electron chi connectivity index (χ2n) is 8.46. The number of hydrogen-bond acceptors (Lipinski definition) is 4. The number of piperidine rings is 1. The van der Waals surface area contributed by atoms with E-state index in [1.165, 1.54) is 10.6 Å². The van der Waals surface area contributed by atoms with Crippen molar-refractivity contribution in [2.24, 2.45) is 0 Å². The van der Waals surface area contributed by atoms with Crippen LogP contribution in [-0.2, 0) is 16.6 Å². The van der Waals surface area contributed by atoms with E-state index < -0.39 is 15.6 Å². The molecule has 0 unspecified atom stereocenters. The van der Waals surface area contributed by atoms with Crippen LogP contribution in [0, 0.1) is 0 Å². The van der Waals surface area contributed by atoms with Crippen LogP contribution in [0.2, 0.25) is 0 Å². The van der Waals surface area contributed by atoms with Crippen LogP contribution < -0.4 is 4.74 Å². The molecule has 0 bridgehead atoms. The number of rotatable bonds is 2. The highest BCUT2D eigenvalue weighted by Gasteiger charge is 2.43. The lowest BCUT2D eigenvalue weighted by Gasteiger charge is -2.42. The highest BCUT2D eigenvalue weighted by atomic mass is 32.2. The van der Waals surface area contributed by atoms with Gasteiger partial charge >= 0.3 is 0 Å². The number of para-hydroxylation sites is 1. The summed E-state index contributed by atoms with van der Waals surface area (Å²) in [4.78, 5) is 18.7. The first kappa shape index (κ1) is 20.1. The molecule has 3 heterocycles. The number of fused-ring (bicyclic) bond motifs is 2. The molecule has 7 nitrogen and oxygen atoms in total. The van der Waals surface area contributed by atoms with E-state index in [1.54, 1.807) is 0 Å². The summed E-state index contributed by atoms with van der Waals surface area (Å²) in [5.41, 5.74) is 1.92. The maximum absolute atomic E-state index is 13.7. The molecule has 1 amide bonds. The lowest BCUT2D eigenvalue weighted by molar-refractivity contribution is -0.00121. The minimum Gasteiger partial charge on any atom is -0.485 e. The molecule has 1 aromatic heterocycles. The standard InChI is InChI=1S/C23H25N3O4S/c1-31(28,29)26-13-10-23(11-14-26)16-25(15-17-5-2-3-8-21(17)30-23)22(27)19-6-4-7-20-18(19)9-12-24-20/h2-9,12,24H,10-11,13-16H2,1H3. The van der Waals surface area contributed by atoms with Crippen molar-refractivity contribution in [2.75, 3.05) is 25.9 Å². The van der Waals surface area contributed by atoms with Crippen molar-refractivity contribution < 1.29 is 17.9 Å². The second-order valence-corrected chi connectivity index (χ2v) is 10.4. The van der Waals surface area contributed by atoms with Gasteiger partial charge in [0.15, 0.2) is 0 Å². The van der Waals surface area contributed by atoms with Crippen molar-refractivity contribution >= 4 is 26.8 Å². The maximum Gasteiger partial charge on any atom is 0.254 e. The van der Waals surface area contributed by atoms with Crippen molar-refractivity contribution in [3.8, 4) is 5.75 Å². The first-order valence-electron chi connectivity index (χ1n) is 10.4. The Hall–Kier alpha value is -2.84. The number of carbonyl (C=O) groups excluding carboxylic acids is 1. The summed E-state index contributed by atoms with van der Waals surface area (Å²) < 4.78 is 32.0. The van der Waals surface area contributed by atoms with Gasteiger partial charge in [0.25, 0.3) is 5.91 Å². The minimum atomic E-state index is -3.25. The molecule has 1 saturated heterocycles. The topological polar surface area (TPSA) is 82.7 Å². The van der Waals surface area contributed by atoms with Gasteiger partial charge in [-0.1, -0.05) is 24.3 Å². The van der Waals surface area contributed by atoms with E-state index >= 15 is 0 Å². The van der Waals surface area contributed by atoms with Gasteiger partial charge in [0.1, 0.15) is 11.4 Å². The molecule has 31 heavy (non-hydrogen) atoms. The molecule has 8 heteroatoms. The monoisotopic (exact) mass is 439 g/mol. The number of nitrogens with one attached hydrogen (secondary N) is 1. The number of aromatic nitrogens is 1. The molecule has 0 saturated carbocycles. The van der Waals surface area contributed by atoms with E-state index in [9.17, 15) is 13.2 Å². The maximum atomic E-state index is 13.7. The normalized spacial score (nSPS) is 19.1. The molecule has 0 radical (unpaired) electrons. The summed E-state index contributed by atoms with van der Waals surface area (Å²) in [5.74, 6) is 0.723. The van der Waals surface area contributed by atoms with Gasteiger partial charge in [0.05, 0.1) is 12.8 Å². The van der Waals surface area contributed by atoms with Crippen LogP contribution in [0.5, 0.6) is 5.75 Å². The Labute approximate surface area is 181 Å². The minimum absolute atomic E-state index is 0.0459. The molecule has 2 aliphatic rings. The van der Waals surface area contributed by atoms with Crippen molar-refractivity contribution in [1.29, 1.82) is 0 Å². The lowest BCUT2D eigenvalue weighted by Crippen LogP contribution is -2.55. The van der Waals surface area contributed by atoms with Crippen molar-refractivity contribution in [3.05, 3.63) is 65.9 Å². The predicted octanol–water partition coefficient (Wildman–Crippen LogP) is 3.00. The molecular formula is C23H25N3O4S. The number of aromatic amines is 1. The van der Waals surface area contributed by atoms with Crippen LogP contribution in [0.15, 0.2) is 54.7 Å². The number of benzene rings is 2. The average Bonchev–Trinajstić information content (AvgIpc) is 3.16.